The fourth-order valence-electron chi connectivity index (χ4n) is 2.78. The first-order valence-corrected chi connectivity index (χ1v) is 8.61. The number of anilines is 2. The lowest BCUT2D eigenvalue weighted by Crippen LogP contribution is -2.03. The zero-order valence-electron chi connectivity index (χ0n) is 14.9. The van der Waals surface area contributed by atoms with Crippen molar-refractivity contribution in [3.8, 4) is 16.9 Å². The van der Waals surface area contributed by atoms with Crippen LogP contribution in [0.1, 0.15) is 5.56 Å². The van der Waals surface area contributed by atoms with Crippen molar-refractivity contribution < 1.29 is 0 Å². The highest BCUT2D eigenvalue weighted by atomic mass is 15.3. The van der Waals surface area contributed by atoms with Crippen molar-refractivity contribution in [2.45, 2.75) is 6.54 Å². The lowest BCUT2D eigenvalue weighted by atomic mass is 10.1. The van der Waals surface area contributed by atoms with Crippen LogP contribution in [0.4, 0.5) is 11.6 Å². The number of para-hydroxylation sites is 1. The second-order valence-corrected chi connectivity index (χ2v) is 5.91. The van der Waals surface area contributed by atoms with Crippen LogP contribution in [0.3, 0.4) is 0 Å². The molecule has 0 radical (unpaired) electrons. The topological polar surface area (TPSA) is 80.5 Å². The molecule has 0 saturated heterocycles. The standard InChI is InChI=1S/C20H19N7/c1-21-18-11-19(25-14-24-18)23-12-16-13-27(17-5-3-2-4-6-17)26-20(16)15-7-9-22-10-8-15/h2-11,13-14H,12H2,1H3,(H2,21,23,24,25). The minimum Gasteiger partial charge on any atom is -0.373 e. The van der Waals surface area contributed by atoms with Gasteiger partial charge in [0.15, 0.2) is 0 Å². The van der Waals surface area contributed by atoms with Gasteiger partial charge in [-0.15, -0.1) is 0 Å². The van der Waals surface area contributed by atoms with Crippen molar-refractivity contribution in [1.29, 1.82) is 0 Å². The first-order chi connectivity index (χ1) is 13.3. The van der Waals surface area contributed by atoms with Gasteiger partial charge in [0, 0.05) is 49.4 Å². The Kier molecular flexibility index (Phi) is 4.74. The van der Waals surface area contributed by atoms with Crippen molar-refractivity contribution >= 4 is 11.6 Å². The highest BCUT2D eigenvalue weighted by Crippen LogP contribution is 2.24. The van der Waals surface area contributed by atoms with E-state index in [1.807, 2.05) is 66.5 Å². The fraction of sp³-hybridized carbons (Fsp3) is 0.100. The van der Waals surface area contributed by atoms with Gasteiger partial charge < -0.3 is 10.6 Å². The first-order valence-electron chi connectivity index (χ1n) is 8.61. The van der Waals surface area contributed by atoms with E-state index in [1.54, 1.807) is 12.4 Å². The van der Waals surface area contributed by atoms with E-state index in [0.29, 0.717) is 6.54 Å². The van der Waals surface area contributed by atoms with Crippen molar-refractivity contribution in [3.05, 3.63) is 79.0 Å². The molecule has 3 aromatic heterocycles. The predicted molar refractivity (Wildman–Crippen MR) is 106 cm³/mol. The number of hydrogen-bond acceptors (Lipinski definition) is 6. The highest BCUT2D eigenvalue weighted by molar-refractivity contribution is 5.63. The molecule has 27 heavy (non-hydrogen) atoms. The third-order valence-electron chi connectivity index (χ3n) is 4.15. The third-order valence-corrected chi connectivity index (χ3v) is 4.15. The van der Waals surface area contributed by atoms with Gasteiger partial charge in [-0.2, -0.15) is 5.10 Å². The molecule has 0 aliphatic rings. The van der Waals surface area contributed by atoms with E-state index in [9.17, 15) is 0 Å². The smallest absolute Gasteiger partial charge is 0.131 e. The van der Waals surface area contributed by atoms with E-state index in [-0.39, 0.29) is 0 Å². The molecule has 0 fully saturated rings. The molecule has 4 aromatic rings. The Morgan fingerprint density at radius 3 is 2.52 bits per heavy atom. The van der Waals surface area contributed by atoms with Gasteiger partial charge in [0.25, 0.3) is 0 Å². The normalized spacial score (nSPS) is 10.6. The number of pyridine rings is 1. The van der Waals surface area contributed by atoms with Gasteiger partial charge in [-0.1, -0.05) is 18.2 Å². The van der Waals surface area contributed by atoms with Gasteiger partial charge in [0.2, 0.25) is 0 Å². The maximum Gasteiger partial charge on any atom is 0.131 e. The minimum absolute atomic E-state index is 0.588. The number of aromatic nitrogens is 5. The number of hydrogen-bond donors (Lipinski definition) is 2. The monoisotopic (exact) mass is 357 g/mol. The van der Waals surface area contributed by atoms with Crippen LogP contribution in [0.15, 0.2) is 73.4 Å². The number of rotatable bonds is 6. The number of nitrogens with zero attached hydrogens (tertiary/aromatic N) is 5. The van der Waals surface area contributed by atoms with Crippen LogP contribution in [-0.2, 0) is 6.54 Å². The van der Waals surface area contributed by atoms with Crippen LogP contribution in [-0.4, -0.2) is 31.8 Å². The highest BCUT2D eigenvalue weighted by Gasteiger charge is 2.12. The van der Waals surface area contributed by atoms with E-state index in [1.165, 1.54) is 6.33 Å². The van der Waals surface area contributed by atoms with Crippen LogP contribution < -0.4 is 10.6 Å². The van der Waals surface area contributed by atoms with Gasteiger partial charge in [-0.3, -0.25) is 4.98 Å². The molecule has 0 aliphatic heterocycles. The summed E-state index contributed by atoms with van der Waals surface area (Å²) in [4.78, 5) is 12.5. The zero-order valence-corrected chi connectivity index (χ0v) is 14.9. The first kappa shape index (κ1) is 16.7. The van der Waals surface area contributed by atoms with Crippen LogP contribution in [0, 0.1) is 0 Å². The maximum atomic E-state index is 4.80. The molecule has 4 rings (SSSR count). The maximum absolute atomic E-state index is 4.80. The summed E-state index contributed by atoms with van der Waals surface area (Å²) >= 11 is 0. The van der Waals surface area contributed by atoms with E-state index in [0.717, 1.165) is 34.1 Å². The van der Waals surface area contributed by atoms with Crippen molar-refractivity contribution in [2.75, 3.05) is 17.7 Å². The summed E-state index contributed by atoms with van der Waals surface area (Å²) < 4.78 is 1.89. The van der Waals surface area contributed by atoms with Crippen LogP contribution >= 0.6 is 0 Å². The van der Waals surface area contributed by atoms with Crippen LogP contribution in [0.2, 0.25) is 0 Å². The molecule has 0 atom stereocenters. The van der Waals surface area contributed by atoms with Crippen LogP contribution in [0.25, 0.3) is 16.9 Å². The van der Waals surface area contributed by atoms with Crippen LogP contribution in [0.5, 0.6) is 0 Å². The minimum atomic E-state index is 0.588. The van der Waals surface area contributed by atoms with Gasteiger partial charge in [0.05, 0.1) is 11.4 Å². The predicted octanol–water partition coefficient (Wildman–Crippen LogP) is 3.38. The molecule has 0 amide bonds. The summed E-state index contributed by atoms with van der Waals surface area (Å²) in [6.07, 6.45) is 7.12. The number of benzene rings is 1. The Bertz CT molecular complexity index is 1010. The summed E-state index contributed by atoms with van der Waals surface area (Å²) in [5.74, 6) is 1.52. The molecule has 0 saturated carbocycles. The molecule has 0 unspecified atom stereocenters. The molecule has 2 N–H and O–H groups in total. The van der Waals surface area contributed by atoms with Gasteiger partial charge in [-0.25, -0.2) is 14.6 Å². The summed E-state index contributed by atoms with van der Waals surface area (Å²) in [6.45, 7) is 0.588. The fourth-order valence-corrected chi connectivity index (χ4v) is 2.78. The molecule has 134 valence electrons. The Balaban J connectivity index is 1.66. The molecule has 7 heteroatoms. The quantitative estimate of drug-likeness (QED) is 0.551. The molecular weight excluding hydrogens is 338 g/mol. The molecule has 1 aromatic carbocycles. The molecule has 3 heterocycles. The van der Waals surface area contributed by atoms with Gasteiger partial charge in [-0.05, 0) is 24.3 Å². The summed E-state index contributed by atoms with van der Waals surface area (Å²) in [6, 6.07) is 15.9. The molecule has 7 nitrogen and oxygen atoms in total. The Hall–Kier alpha value is -3.74. The molecule has 0 bridgehead atoms. The lowest BCUT2D eigenvalue weighted by Gasteiger charge is -2.07. The second-order valence-electron chi connectivity index (χ2n) is 5.91. The van der Waals surface area contributed by atoms with Crippen molar-refractivity contribution in [1.82, 2.24) is 24.7 Å². The van der Waals surface area contributed by atoms with Gasteiger partial charge >= 0.3 is 0 Å². The van der Waals surface area contributed by atoms with Crippen molar-refractivity contribution in [2.24, 2.45) is 0 Å². The Morgan fingerprint density at radius 2 is 1.74 bits per heavy atom. The Labute approximate surface area is 157 Å². The zero-order chi connectivity index (χ0) is 18.5. The van der Waals surface area contributed by atoms with Gasteiger partial charge in [0.1, 0.15) is 18.0 Å². The van der Waals surface area contributed by atoms with E-state index in [4.69, 9.17) is 5.10 Å². The average Bonchev–Trinajstić information content (AvgIpc) is 3.18. The van der Waals surface area contributed by atoms with E-state index < -0.39 is 0 Å². The Morgan fingerprint density at radius 1 is 0.963 bits per heavy atom. The summed E-state index contributed by atoms with van der Waals surface area (Å²) in [5.41, 5.74) is 4.01. The summed E-state index contributed by atoms with van der Waals surface area (Å²) in [5, 5.41) is 11.2. The average molecular weight is 357 g/mol. The second kappa shape index (κ2) is 7.65. The van der Waals surface area contributed by atoms with Crippen molar-refractivity contribution in [3.63, 3.8) is 0 Å². The third kappa shape index (κ3) is 3.77. The largest absolute Gasteiger partial charge is 0.373 e. The lowest BCUT2D eigenvalue weighted by molar-refractivity contribution is 0.883. The SMILES string of the molecule is CNc1cc(NCc2cn(-c3ccccc3)nc2-c2ccncc2)ncn1. The molecular formula is C20H19N7. The number of nitrogens with one attached hydrogen (secondary N) is 2. The molecule has 0 spiro atoms. The van der Waals surface area contributed by atoms with E-state index >= 15 is 0 Å². The summed E-state index contributed by atoms with van der Waals surface area (Å²) in [7, 11) is 1.83. The van der Waals surface area contributed by atoms with E-state index in [2.05, 4.69) is 25.6 Å². The molecule has 0 aliphatic carbocycles.